The van der Waals surface area contributed by atoms with Gasteiger partial charge < -0.3 is 14.2 Å². The van der Waals surface area contributed by atoms with Gasteiger partial charge in [-0.15, -0.1) is 0 Å². The first-order valence-electron chi connectivity index (χ1n) is 4.35. The van der Waals surface area contributed by atoms with Crippen molar-refractivity contribution in [1.82, 2.24) is 0 Å². The highest BCUT2D eigenvalue weighted by Gasteiger charge is 2.36. The van der Waals surface area contributed by atoms with Crippen molar-refractivity contribution in [3.63, 3.8) is 0 Å². The summed E-state index contributed by atoms with van der Waals surface area (Å²) in [6, 6.07) is -2.80. The fourth-order valence-corrected chi connectivity index (χ4v) is 4.88. The number of hydrogen-bond donors (Lipinski definition) is 1. The lowest BCUT2D eigenvalue weighted by Crippen LogP contribution is -2.41. The molecule has 0 saturated heterocycles. The predicted octanol–water partition coefficient (Wildman–Crippen LogP) is 1.51. The van der Waals surface area contributed by atoms with Crippen molar-refractivity contribution in [2.45, 2.75) is 18.9 Å². The van der Waals surface area contributed by atoms with E-state index in [0.717, 1.165) is 0 Å². The lowest BCUT2D eigenvalue weighted by atomic mass is 10.5. The van der Waals surface area contributed by atoms with Crippen molar-refractivity contribution < 1.29 is 14.2 Å². The molecular weight excluding hydrogens is 225 g/mol. The molecule has 0 heterocycles. The van der Waals surface area contributed by atoms with Crippen LogP contribution in [-0.4, -0.2) is 51.6 Å². The van der Waals surface area contributed by atoms with Crippen LogP contribution in [0.3, 0.4) is 0 Å². The lowest BCUT2D eigenvalue weighted by molar-refractivity contribution is -0.871. The van der Waals surface area contributed by atoms with Crippen molar-refractivity contribution in [3.8, 4) is 0 Å². The predicted molar refractivity (Wildman–Crippen MR) is 61.2 cm³/mol. The summed E-state index contributed by atoms with van der Waals surface area (Å²) in [4.78, 5) is 0. The fraction of sp³-hybridized carbons (Fsp3) is 1.00. The molecule has 0 amide bonds. The number of nitrogens with zero attached hydrogens (tertiary/aromatic N) is 1. The normalized spacial score (nSPS) is 20.0. The van der Waals surface area contributed by atoms with E-state index in [0.29, 0.717) is 11.0 Å². The van der Waals surface area contributed by atoms with Crippen molar-refractivity contribution in [2.75, 3.05) is 27.7 Å². The Labute approximate surface area is 86.9 Å². The van der Waals surface area contributed by atoms with E-state index < -0.39 is 20.4 Å². The zero-order valence-corrected chi connectivity index (χ0v) is 11.8. The van der Waals surface area contributed by atoms with E-state index in [1.54, 1.807) is 0 Å². The number of likely N-dealkylation sites (N-methyl/N-ethyl adjacent to an activating group) is 1. The maximum Gasteiger partial charge on any atom is 0.176 e. The average Bonchev–Trinajstić information content (AvgIpc) is 1.82. The van der Waals surface area contributed by atoms with Gasteiger partial charge in [0.2, 0.25) is 0 Å². The quantitative estimate of drug-likeness (QED) is 0.463. The minimum absolute atomic E-state index is 0.450. The minimum Gasteiger partial charge on any atom is -0.379 e. The van der Waals surface area contributed by atoms with Crippen LogP contribution in [0, 0.1) is 0 Å². The molecule has 3 nitrogen and oxygen atoms in total. The van der Waals surface area contributed by atoms with Gasteiger partial charge in [0.15, 0.2) is 11.9 Å². The van der Waals surface area contributed by atoms with E-state index in [2.05, 4.69) is 0 Å². The van der Waals surface area contributed by atoms with Gasteiger partial charge in [-0.25, -0.2) is 0 Å². The molecular formula is C7H20ClNO2PSi+. The zero-order valence-electron chi connectivity index (χ0n) is 8.99. The number of hydrogen-bond acceptors (Lipinski definition) is 2. The largest absolute Gasteiger partial charge is 0.379 e. The van der Waals surface area contributed by atoms with Gasteiger partial charge in [0.25, 0.3) is 0 Å². The molecule has 0 aromatic rings. The van der Waals surface area contributed by atoms with E-state index in [4.69, 9.17) is 11.2 Å². The van der Waals surface area contributed by atoms with Gasteiger partial charge in [0.1, 0.15) is 15.0 Å². The van der Waals surface area contributed by atoms with E-state index in [9.17, 15) is 9.67 Å². The molecule has 13 heavy (non-hydrogen) atoms. The highest BCUT2D eigenvalue weighted by Crippen LogP contribution is 2.57. The summed E-state index contributed by atoms with van der Waals surface area (Å²) in [7, 11) is 4.37. The second-order valence-electron chi connectivity index (χ2n) is 4.67. The highest BCUT2D eigenvalue weighted by atomic mass is 35.7. The third-order valence-corrected chi connectivity index (χ3v) is 13.7. The molecule has 1 N–H and O–H groups in total. The van der Waals surface area contributed by atoms with Crippen LogP contribution in [0.5, 0.6) is 0 Å². The smallest absolute Gasteiger partial charge is 0.176 e. The van der Waals surface area contributed by atoms with E-state index in [-0.39, 0.29) is 0 Å². The van der Waals surface area contributed by atoms with Crippen LogP contribution in [0.15, 0.2) is 0 Å². The second kappa shape index (κ2) is 4.45. The molecule has 0 aromatic heterocycles. The summed E-state index contributed by atoms with van der Waals surface area (Å²) in [5.74, 6) is -0.846. The Kier molecular flexibility index (Phi) is 4.68. The molecule has 0 aliphatic carbocycles. The Balaban J connectivity index is 4.44. The first kappa shape index (κ1) is 13.7. The maximum absolute atomic E-state index is 11.9. The molecule has 2 atom stereocenters. The van der Waals surface area contributed by atoms with Crippen LogP contribution in [0.2, 0.25) is 13.1 Å². The second-order valence-corrected chi connectivity index (χ2v) is 16.7. The number of aliphatic hydroxyl groups excluding tert-OH is 1. The topological polar surface area (TPSA) is 37.3 Å². The Hall–Kier alpha value is 0.657. The molecule has 0 fully saturated rings. The number of rotatable bonds is 4. The van der Waals surface area contributed by atoms with Crippen LogP contribution in [0.25, 0.3) is 0 Å². The Morgan fingerprint density at radius 1 is 1.46 bits per heavy atom. The van der Waals surface area contributed by atoms with Crippen molar-refractivity contribution >= 4 is 25.7 Å². The number of halogens is 1. The monoisotopic (exact) mass is 244 g/mol. The lowest BCUT2D eigenvalue weighted by Gasteiger charge is -2.29. The SMILES string of the molecule is C[SiH](C)P(=O)(Cl)C(O)C[N+](C)(C)C. The van der Waals surface area contributed by atoms with Crippen molar-refractivity contribution in [3.05, 3.63) is 0 Å². The van der Waals surface area contributed by atoms with Crippen molar-refractivity contribution in [1.29, 1.82) is 0 Å². The molecule has 0 aliphatic heterocycles. The molecule has 0 radical (unpaired) electrons. The number of aliphatic hydroxyl groups is 1. The third-order valence-electron chi connectivity index (χ3n) is 1.82. The van der Waals surface area contributed by atoms with Gasteiger partial charge in [-0.3, -0.25) is 0 Å². The van der Waals surface area contributed by atoms with Gasteiger partial charge in [-0.2, -0.15) is 0 Å². The number of quaternary nitrogens is 1. The molecule has 0 bridgehead atoms. The van der Waals surface area contributed by atoms with E-state index in [1.165, 1.54) is 0 Å². The van der Waals surface area contributed by atoms with E-state index in [1.807, 2.05) is 34.2 Å². The zero-order chi connectivity index (χ0) is 10.9. The summed E-state index contributed by atoms with van der Waals surface area (Å²) in [5.41, 5.74) is 0. The van der Waals surface area contributed by atoms with Crippen LogP contribution < -0.4 is 0 Å². The third kappa shape index (κ3) is 4.61. The van der Waals surface area contributed by atoms with Crippen LogP contribution >= 0.6 is 17.3 Å². The minimum atomic E-state index is -2.80. The first-order chi connectivity index (χ1) is 5.57. The maximum atomic E-state index is 11.9. The van der Waals surface area contributed by atoms with Crippen molar-refractivity contribution in [2.24, 2.45) is 0 Å². The summed E-state index contributed by atoms with van der Waals surface area (Å²) >= 11 is 5.88. The summed E-state index contributed by atoms with van der Waals surface area (Å²) in [6.07, 6.45) is 0. The summed E-state index contributed by atoms with van der Waals surface area (Å²) < 4.78 is 12.4. The van der Waals surface area contributed by atoms with Crippen LogP contribution in [0.4, 0.5) is 0 Å². The Bertz CT molecular complexity index is 217. The first-order valence-corrected chi connectivity index (χ1v) is 11.0. The standard InChI is InChI=1S/C7H20ClNO2PSi/c1-9(2,3)6-7(10)12(8,11)13(4)5/h7,10,13H,6H2,1-5H3/q+1. The fourth-order valence-electron chi connectivity index (χ4n) is 0.945. The highest BCUT2D eigenvalue weighted by molar-refractivity contribution is 8.13. The van der Waals surface area contributed by atoms with Gasteiger partial charge in [-0.1, -0.05) is 24.3 Å². The molecule has 0 aromatic carbocycles. The molecule has 0 rings (SSSR count). The van der Waals surface area contributed by atoms with Gasteiger partial charge in [0, 0.05) is 0 Å². The average molecular weight is 245 g/mol. The molecule has 0 saturated carbocycles. The Morgan fingerprint density at radius 3 is 2.08 bits per heavy atom. The van der Waals surface area contributed by atoms with Gasteiger partial charge in [0.05, 0.1) is 21.1 Å². The Morgan fingerprint density at radius 2 is 1.85 bits per heavy atom. The molecule has 6 heteroatoms. The molecule has 80 valence electrons. The van der Waals surface area contributed by atoms with E-state index >= 15 is 0 Å². The summed E-state index contributed by atoms with van der Waals surface area (Å²) in [6.45, 7) is 4.27. The molecule has 0 aliphatic rings. The van der Waals surface area contributed by atoms with Gasteiger partial charge in [-0.05, 0) is 0 Å². The van der Waals surface area contributed by atoms with Gasteiger partial charge >= 0.3 is 0 Å². The molecule has 0 spiro atoms. The van der Waals surface area contributed by atoms with Crippen LogP contribution in [0.1, 0.15) is 0 Å². The van der Waals surface area contributed by atoms with Crippen LogP contribution in [-0.2, 0) is 4.57 Å². The molecule has 2 unspecified atom stereocenters. The summed E-state index contributed by atoms with van der Waals surface area (Å²) in [5, 5.41) is 9.71.